The molecule has 2 aromatic rings. The van der Waals surface area contributed by atoms with Crippen molar-refractivity contribution >= 4 is 17.5 Å². The van der Waals surface area contributed by atoms with Gasteiger partial charge in [-0.3, -0.25) is 14.9 Å². The molecule has 110 valence electrons. The minimum absolute atomic E-state index is 0.0772. The third kappa shape index (κ3) is 3.59. The quantitative estimate of drug-likeness (QED) is 0.673. The maximum absolute atomic E-state index is 11.8. The highest BCUT2D eigenvalue weighted by molar-refractivity contribution is 5.91. The van der Waals surface area contributed by atoms with Gasteiger partial charge in [-0.1, -0.05) is 12.1 Å². The molecule has 0 aliphatic rings. The predicted molar refractivity (Wildman–Crippen MR) is 77.3 cm³/mol. The number of hydrogen-bond donors (Lipinski definition) is 1. The summed E-state index contributed by atoms with van der Waals surface area (Å²) in [6.07, 6.45) is 0. The Hall–Kier alpha value is -2.83. The van der Waals surface area contributed by atoms with Crippen LogP contribution in [0.15, 0.2) is 40.8 Å². The molecule has 21 heavy (non-hydrogen) atoms. The number of furan rings is 1. The smallest absolute Gasteiger partial charge is 0.395 e. The Morgan fingerprint density at radius 3 is 2.43 bits per heavy atom. The number of carbonyl (C=O) groups excluding carboxylic acids is 1. The van der Waals surface area contributed by atoms with Gasteiger partial charge in [-0.2, -0.15) is 0 Å². The molecule has 1 heterocycles. The summed E-state index contributed by atoms with van der Waals surface area (Å²) < 4.78 is 4.83. The number of hydrogen-bond acceptors (Lipinski definition) is 5. The Morgan fingerprint density at radius 2 is 1.90 bits per heavy atom. The van der Waals surface area contributed by atoms with Gasteiger partial charge >= 0.3 is 5.88 Å². The molecule has 0 unspecified atom stereocenters. The van der Waals surface area contributed by atoms with E-state index in [1.807, 2.05) is 43.3 Å². The summed E-state index contributed by atoms with van der Waals surface area (Å²) in [5, 5.41) is 13.1. The number of nitrogens with one attached hydrogen (secondary N) is 1. The third-order valence-corrected chi connectivity index (χ3v) is 2.90. The summed E-state index contributed by atoms with van der Waals surface area (Å²) in [6.45, 7) is 0.320. The zero-order chi connectivity index (χ0) is 15.4. The lowest BCUT2D eigenvalue weighted by Crippen LogP contribution is -2.22. The van der Waals surface area contributed by atoms with E-state index in [-0.39, 0.29) is 5.76 Å². The fourth-order valence-electron chi connectivity index (χ4n) is 1.73. The number of amides is 1. The van der Waals surface area contributed by atoms with E-state index in [9.17, 15) is 14.9 Å². The summed E-state index contributed by atoms with van der Waals surface area (Å²) in [5.41, 5.74) is 1.99. The molecule has 0 fully saturated rings. The molecular weight excluding hydrogens is 274 g/mol. The maximum atomic E-state index is 11.8. The monoisotopic (exact) mass is 289 g/mol. The Labute approximate surface area is 121 Å². The number of benzene rings is 1. The Kier molecular flexibility index (Phi) is 4.22. The summed E-state index contributed by atoms with van der Waals surface area (Å²) in [5.74, 6) is -1.01. The lowest BCUT2D eigenvalue weighted by molar-refractivity contribution is -0.402. The maximum Gasteiger partial charge on any atom is 0.433 e. The summed E-state index contributed by atoms with van der Waals surface area (Å²) in [6, 6.07) is 10.1. The van der Waals surface area contributed by atoms with Crippen molar-refractivity contribution in [1.82, 2.24) is 5.32 Å². The first-order valence-electron chi connectivity index (χ1n) is 6.26. The predicted octanol–water partition coefficient (Wildman–Crippen LogP) is 2.18. The van der Waals surface area contributed by atoms with Crippen molar-refractivity contribution in [3.8, 4) is 0 Å². The van der Waals surface area contributed by atoms with E-state index in [0.717, 1.165) is 17.3 Å². The van der Waals surface area contributed by atoms with E-state index < -0.39 is 16.7 Å². The van der Waals surface area contributed by atoms with Crippen molar-refractivity contribution in [2.45, 2.75) is 6.54 Å². The van der Waals surface area contributed by atoms with Gasteiger partial charge in [0.1, 0.15) is 4.92 Å². The molecule has 7 heteroatoms. The number of anilines is 1. The van der Waals surface area contributed by atoms with Crippen LogP contribution in [0.4, 0.5) is 11.6 Å². The zero-order valence-electron chi connectivity index (χ0n) is 11.7. The number of rotatable bonds is 5. The van der Waals surface area contributed by atoms with Crippen LogP contribution in [0, 0.1) is 10.1 Å². The first-order valence-corrected chi connectivity index (χ1v) is 6.26. The average Bonchev–Trinajstić information content (AvgIpc) is 2.95. The third-order valence-electron chi connectivity index (χ3n) is 2.90. The Balaban J connectivity index is 1.95. The molecule has 1 aromatic heterocycles. The molecule has 0 saturated carbocycles. The van der Waals surface area contributed by atoms with Gasteiger partial charge in [0.05, 0.1) is 6.07 Å². The standard InChI is InChI=1S/C14H15N3O4/c1-16(2)11-5-3-10(4-6-11)9-15-14(18)12-7-8-13(21-12)17(19)20/h3-8H,9H2,1-2H3,(H,15,18). The van der Waals surface area contributed by atoms with Crippen molar-refractivity contribution in [2.75, 3.05) is 19.0 Å². The van der Waals surface area contributed by atoms with Crippen LogP contribution in [-0.2, 0) is 6.54 Å². The first kappa shape index (κ1) is 14.6. The first-order chi connectivity index (χ1) is 9.97. The van der Waals surface area contributed by atoms with Crippen molar-refractivity contribution in [2.24, 2.45) is 0 Å². The minimum atomic E-state index is -0.684. The van der Waals surface area contributed by atoms with Crippen LogP contribution in [0.2, 0.25) is 0 Å². The minimum Gasteiger partial charge on any atom is -0.395 e. The zero-order valence-corrected chi connectivity index (χ0v) is 11.7. The lowest BCUT2D eigenvalue weighted by Gasteiger charge is -2.12. The van der Waals surface area contributed by atoms with Crippen molar-refractivity contribution in [3.05, 3.63) is 57.8 Å². The molecule has 0 aliphatic carbocycles. The van der Waals surface area contributed by atoms with Crippen LogP contribution in [0.5, 0.6) is 0 Å². The Morgan fingerprint density at radius 1 is 1.24 bits per heavy atom. The fourth-order valence-corrected chi connectivity index (χ4v) is 1.73. The van der Waals surface area contributed by atoms with Gasteiger partial charge < -0.3 is 14.6 Å². The van der Waals surface area contributed by atoms with E-state index in [2.05, 4.69) is 5.32 Å². The number of nitrogens with zero attached hydrogens (tertiary/aromatic N) is 2. The highest BCUT2D eigenvalue weighted by Gasteiger charge is 2.16. The molecule has 1 amide bonds. The highest BCUT2D eigenvalue weighted by Crippen LogP contribution is 2.16. The number of carbonyl (C=O) groups is 1. The van der Waals surface area contributed by atoms with Crippen LogP contribution in [0.25, 0.3) is 0 Å². The summed E-state index contributed by atoms with van der Waals surface area (Å²) >= 11 is 0. The van der Waals surface area contributed by atoms with E-state index in [1.54, 1.807) is 0 Å². The van der Waals surface area contributed by atoms with E-state index >= 15 is 0 Å². The van der Waals surface area contributed by atoms with Gasteiger partial charge in [0.25, 0.3) is 5.91 Å². The molecular formula is C14H15N3O4. The molecule has 0 saturated heterocycles. The molecule has 0 aliphatic heterocycles. The van der Waals surface area contributed by atoms with Gasteiger partial charge in [0.15, 0.2) is 5.76 Å². The fraction of sp³-hybridized carbons (Fsp3) is 0.214. The molecule has 2 rings (SSSR count). The van der Waals surface area contributed by atoms with Crippen LogP contribution in [0.1, 0.15) is 16.1 Å². The van der Waals surface area contributed by atoms with Gasteiger partial charge in [0, 0.05) is 26.3 Å². The van der Waals surface area contributed by atoms with Crippen LogP contribution in [-0.4, -0.2) is 24.9 Å². The van der Waals surface area contributed by atoms with Crippen LogP contribution >= 0.6 is 0 Å². The lowest BCUT2D eigenvalue weighted by atomic mass is 10.2. The molecule has 1 aromatic carbocycles. The van der Waals surface area contributed by atoms with Gasteiger partial charge in [-0.25, -0.2) is 0 Å². The second kappa shape index (κ2) is 6.08. The average molecular weight is 289 g/mol. The Bertz CT molecular complexity index is 646. The van der Waals surface area contributed by atoms with Gasteiger partial charge in [0.2, 0.25) is 0 Å². The SMILES string of the molecule is CN(C)c1ccc(CNC(=O)c2ccc([N+](=O)[O-])o2)cc1. The van der Waals surface area contributed by atoms with E-state index in [4.69, 9.17) is 4.42 Å². The topological polar surface area (TPSA) is 88.6 Å². The second-order valence-corrected chi connectivity index (χ2v) is 4.64. The largest absolute Gasteiger partial charge is 0.433 e. The normalized spacial score (nSPS) is 10.2. The molecule has 1 N–H and O–H groups in total. The van der Waals surface area contributed by atoms with E-state index in [1.165, 1.54) is 6.07 Å². The molecule has 0 atom stereocenters. The molecule has 0 radical (unpaired) electrons. The van der Waals surface area contributed by atoms with Gasteiger partial charge in [-0.05, 0) is 23.8 Å². The van der Waals surface area contributed by atoms with Crippen molar-refractivity contribution in [1.29, 1.82) is 0 Å². The van der Waals surface area contributed by atoms with Gasteiger partial charge in [-0.15, -0.1) is 0 Å². The number of nitro groups is 1. The second-order valence-electron chi connectivity index (χ2n) is 4.64. The summed E-state index contributed by atoms with van der Waals surface area (Å²) in [7, 11) is 3.89. The van der Waals surface area contributed by atoms with Crippen molar-refractivity contribution in [3.63, 3.8) is 0 Å². The van der Waals surface area contributed by atoms with Crippen molar-refractivity contribution < 1.29 is 14.1 Å². The van der Waals surface area contributed by atoms with E-state index in [0.29, 0.717) is 6.54 Å². The highest BCUT2D eigenvalue weighted by atomic mass is 16.6. The molecule has 0 spiro atoms. The molecule has 7 nitrogen and oxygen atoms in total. The molecule has 0 bridgehead atoms. The summed E-state index contributed by atoms with van der Waals surface area (Å²) in [4.78, 5) is 23.6. The van der Waals surface area contributed by atoms with Crippen LogP contribution < -0.4 is 10.2 Å². The van der Waals surface area contributed by atoms with Crippen LogP contribution in [0.3, 0.4) is 0 Å².